The summed E-state index contributed by atoms with van der Waals surface area (Å²) in [6, 6.07) is 18.9. The Hall–Kier alpha value is -4.44. The Bertz CT molecular complexity index is 1640. The van der Waals surface area contributed by atoms with Crippen LogP contribution in [0.5, 0.6) is 5.75 Å². The standard InChI is InChI=1S/C37H42F3N5O2/c1-24-13-17-41-22-29(24)23-45(33-8-6-5-7-32(33)28-9-11-31(12-10-28)47-37(39)40)30-15-19-44(20-16-30)26(3)14-18-42-36(46)35-25(2)21-34(38)43-27(35)4/h5-13,17,21-22,26,30,37H,14-16,18-20,23H2,1-4H3,(H,42,46). The molecule has 4 aromatic rings. The van der Waals surface area contributed by atoms with E-state index in [9.17, 15) is 18.0 Å². The van der Waals surface area contributed by atoms with E-state index >= 15 is 0 Å². The van der Waals surface area contributed by atoms with E-state index < -0.39 is 12.6 Å². The smallest absolute Gasteiger partial charge is 0.387 e. The van der Waals surface area contributed by atoms with E-state index in [1.165, 1.54) is 11.6 Å². The number of likely N-dealkylation sites (tertiary alicyclic amines) is 1. The lowest BCUT2D eigenvalue weighted by Gasteiger charge is -2.42. The molecule has 1 unspecified atom stereocenters. The van der Waals surface area contributed by atoms with Crippen molar-refractivity contribution in [2.75, 3.05) is 24.5 Å². The molecule has 1 N–H and O–H groups in total. The molecule has 0 radical (unpaired) electrons. The van der Waals surface area contributed by atoms with Gasteiger partial charge in [0.15, 0.2) is 0 Å². The summed E-state index contributed by atoms with van der Waals surface area (Å²) in [4.78, 5) is 26.0. The Morgan fingerprint density at radius 2 is 1.77 bits per heavy atom. The molecular weight excluding hydrogens is 603 g/mol. The summed E-state index contributed by atoms with van der Waals surface area (Å²) >= 11 is 0. The number of ether oxygens (including phenoxy) is 1. The number of benzene rings is 2. The van der Waals surface area contributed by atoms with Crippen molar-refractivity contribution in [3.05, 3.63) is 107 Å². The van der Waals surface area contributed by atoms with Crippen LogP contribution in [0.25, 0.3) is 11.1 Å². The summed E-state index contributed by atoms with van der Waals surface area (Å²) in [6.45, 7) is 7.80. The van der Waals surface area contributed by atoms with Crippen molar-refractivity contribution >= 4 is 11.6 Å². The fourth-order valence-electron chi connectivity index (χ4n) is 6.47. The number of carbonyl (C=O) groups excluding carboxylic acids is 1. The first-order chi connectivity index (χ1) is 22.6. The number of nitrogens with one attached hydrogen (secondary N) is 1. The maximum absolute atomic E-state index is 13.6. The third kappa shape index (κ3) is 8.48. The lowest BCUT2D eigenvalue weighted by Crippen LogP contribution is -2.48. The van der Waals surface area contributed by atoms with E-state index in [-0.39, 0.29) is 23.7 Å². The van der Waals surface area contributed by atoms with E-state index in [0.717, 1.165) is 54.7 Å². The number of carbonyl (C=O) groups is 1. The van der Waals surface area contributed by atoms with E-state index in [2.05, 4.69) is 55.8 Å². The van der Waals surface area contributed by atoms with Gasteiger partial charge in [-0.1, -0.05) is 30.3 Å². The second-order valence-electron chi connectivity index (χ2n) is 12.2. The minimum Gasteiger partial charge on any atom is -0.435 e. The van der Waals surface area contributed by atoms with Gasteiger partial charge in [-0.15, -0.1) is 0 Å². The van der Waals surface area contributed by atoms with Crippen LogP contribution < -0.4 is 15.0 Å². The molecule has 5 rings (SSSR count). The molecule has 1 aliphatic rings. The SMILES string of the molecule is Cc1ccncc1CN(c1ccccc1-c1ccc(OC(F)F)cc1)C1CCN(C(C)CCNC(=O)c2c(C)cc(F)nc2C)CC1. The normalized spacial score (nSPS) is 14.6. The average molecular weight is 646 g/mol. The summed E-state index contributed by atoms with van der Waals surface area (Å²) in [5.41, 5.74) is 6.74. The van der Waals surface area contributed by atoms with Crippen LogP contribution in [0.15, 0.2) is 73.1 Å². The summed E-state index contributed by atoms with van der Waals surface area (Å²) in [5, 5.41) is 3.00. The van der Waals surface area contributed by atoms with Gasteiger partial charge in [-0.2, -0.15) is 13.2 Å². The number of alkyl halides is 2. The van der Waals surface area contributed by atoms with Gasteiger partial charge >= 0.3 is 6.61 Å². The van der Waals surface area contributed by atoms with E-state index in [1.807, 2.05) is 36.5 Å². The monoisotopic (exact) mass is 645 g/mol. The van der Waals surface area contributed by atoms with E-state index in [0.29, 0.717) is 29.9 Å². The second-order valence-corrected chi connectivity index (χ2v) is 12.2. The molecule has 0 saturated carbocycles. The number of pyridine rings is 2. The van der Waals surface area contributed by atoms with Gasteiger partial charge in [0.05, 0.1) is 11.3 Å². The largest absolute Gasteiger partial charge is 0.435 e. The highest BCUT2D eigenvalue weighted by Crippen LogP contribution is 2.36. The summed E-state index contributed by atoms with van der Waals surface area (Å²) < 4.78 is 43.7. The Morgan fingerprint density at radius 1 is 1.04 bits per heavy atom. The first-order valence-corrected chi connectivity index (χ1v) is 16.1. The predicted octanol–water partition coefficient (Wildman–Crippen LogP) is 7.49. The van der Waals surface area contributed by atoms with Gasteiger partial charge in [0, 0.05) is 61.9 Å². The van der Waals surface area contributed by atoms with Crippen LogP contribution in [0.4, 0.5) is 18.9 Å². The summed E-state index contributed by atoms with van der Waals surface area (Å²) in [6.07, 6.45) is 6.42. The van der Waals surface area contributed by atoms with Crippen molar-refractivity contribution in [1.82, 2.24) is 20.2 Å². The number of nitrogens with zero attached hydrogens (tertiary/aromatic N) is 4. The van der Waals surface area contributed by atoms with E-state index in [1.54, 1.807) is 32.2 Å². The molecule has 2 aromatic heterocycles. The molecule has 1 fully saturated rings. The fourth-order valence-corrected chi connectivity index (χ4v) is 6.47. The molecule has 10 heteroatoms. The number of halogens is 3. The average Bonchev–Trinajstić information content (AvgIpc) is 3.04. The predicted molar refractivity (Wildman–Crippen MR) is 178 cm³/mol. The number of aromatic nitrogens is 2. The molecule has 3 heterocycles. The topological polar surface area (TPSA) is 70.6 Å². The van der Waals surface area contributed by atoms with Crippen LogP contribution in [0.3, 0.4) is 0 Å². The van der Waals surface area contributed by atoms with E-state index in [4.69, 9.17) is 0 Å². The molecule has 1 amide bonds. The highest BCUT2D eigenvalue weighted by molar-refractivity contribution is 5.96. The van der Waals surface area contributed by atoms with Crippen LogP contribution in [-0.2, 0) is 6.54 Å². The van der Waals surface area contributed by atoms with Crippen molar-refractivity contribution < 1.29 is 22.7 Å². The molecule has 0 spiro atoms. The van der Waals surface area contributed by atoms with Crippen molar-refractivity contribution in [2.45, 2.75) is 72.2 Å². The number of anilines is 1. The number of piperidine rings is 1. The Labute approximate surface area is 274 Å². The zero-order valence-corrected chi connectivity index (χ0v) is 27.3. The highest BCUT2D eigenvalue weighted by atomic mass is 19.3. The van der Waals surface area contributed by atoms with Gasteiger partial charge in [-0.3, -0.25) is 9.78 Å². The molecule has 0 bridgehead atoms. The third-order valence-electron chi connectivity index (χ3n) is 9.10. The minimum absolute atomic E-state index is 0.128. The van der Waals surface area contributed by atoms with Crippen molar-refractivity contribution in [3.63, 3.8) is 0 Å². The van der Waals surface area contributed by atoms with Crippen LogP contribution in [0.2, 0.25) is 0 Å². The Kier molecular flexibility index (Phi) is 11.1. The number of hydrogen-bond acceptors (Lipinski definition) is 6. The number of aryl methyl sites for hydroxylation is 3. The van der Waals surface area contributed by atoms with Gasteiger partial charge < -0.3 is 19.9 Å². The van der Waals surface area contributed by atoms with Crippen LogP contribution in [-0.4, -0.2) is 59.1 Å². The molecule has 1 saturated heterocycles. The first-order valence-electron chi connectivity index (χ1n) is 16.1. The summed E-state index contributed by atoms with van der Waals surface area (Å²) in [7, 11) is 0. The molecule has 0 aliphatic carbocycles. The van der Waals surface area contributed by atoms with Gasteiger partial charge in [-0.25, -0.2) is 4.98 Å². The molecule has 1 atom stereocenters. The lowest BCUT2D eigenvalue weighted by molar-refractivity contribution is -0.0498. The second kappa shape index (κ2) is 15.4. The number of hydrogen-bond donors (Lipinski definition) is 1. The zero-order valence-electron chi connectivity index (χ0n) is 27.3. The van der Waals surface area contributed by atoms with Gasteiger partial charge in [0.25, 0.3) is 5.91 Å². The van der Waals surface area contributed by atoms with Crippen molar-refractivity contribution in [3.8, 4) is 16.9 Å². The Balaban J connectivity index is 1.28. The first kappa shape index (κ1) is 33.9. The number of para-hydroxylation sites is 1. The Morgan fingerprint density at radius 3 is 2.45 bits per heavy atom. The maximum Gasteiger partial charge on any atom is 0.387 e. The lowest BCUT2D eigenvalue weighted by atomic mass is 9.96. The third-order valence-corrected chi connectivity index (χ3v) is 9.10. The van der Waals surface area contributed by atoms with Crippen LogP contribution in [0.1, 0.15) is 58.9 Å². The zero-order chi connectivity index (χ0) is 33.5. The van der Waals surface area contributed by atoms with Crippen LogP contribution >= 0.6 is 0 Å². The van der Waals surface area contributed by atoms with Crippen molar-refractivity contribution in [2.24, 2.45) is 0 Å². The fraction of sp³-hybridized carbons (Fsp3) is 0.378. The number of amides is 1. The molecule has 1 aliphatic heterocycles. The van der Waals surface area contributed by atoms with Gasteiger partial charge in [0.1, 0.15) is 5.75 Å². The maximum atomic E-state index is 13.6. The molecular formula is C37H42F3N5O2. The van der Waals surface area contributed by atoms with Crippen molar-refractivity contribution in [1.29, 1.82) is 0 Å². The molecule has 7 nitrogen and oxygen atoms in total. The highest BCUT2D eigenvalue weighted by Gasteiger charge is 2.29. The number of rotatable bonds is 12. The molecule has 248 valence electrons. The minimum atomic E-state index is -2.87. The molecule has 47 heavy (non-hydrogen) atoms. The van der Waals surface area contributed by atoms with Gasteiger partial charge in [0.2, 0.25) is 5.95 Å². The van der Waals surface area contributed by atoms with Crippen LogP contribution in [0, 0.1) is 26.7 Å². The van der Waals surface area contributed by atoms with Gasteiger partial charge in [-0.05, 0) is 99.5 Å². The quantitative estimate of drug-likeness (QED) is 0.161. The summed E-state index contributed by atoms with van der Waals surface area (Å²) in [5.74, 6) is -0.681. The molecule has 2 aromatic carbocycles.